The molecule has 0 atom stereocenters. The van der Waals surface area contributed by atoms with Crippen LogP contribution in [0.1, 0.15) is 25.0 Å². The summed E-state index contributed by atoms with van der Waals surface area (Å²) in [6.45, 7) is 4.66. The van der Waals surface area contributed by atoms with Gasteiger partial charge in [-0.1, -0.05) is 80.6 Å². The summed E-state index contributed by atoms with van der Waals surface area (Å²) in [6, 6.07) is 30.0. The minimum absolute atomic E-state index is 0.169. The highest BCUT2D eigenvalue weighted by Gasteiger charge is 2.38. The number of para-hydroxylation sites is 1. The van der Waals surface area contributed by atoms with Crippen molar-refractivity contribution in [2.24, 2.45) is 0 Å². The van der Waals surface area contributed by atoms with Crippen LogP contribution in [0.3, 0.4) is 0 Å². The Morgan fingerprint density at radius 2 is 1.56 bits per heavy atom. The van der Waals surface area contributed by atoms with Crippen LogP contribution in [0.5, 0.6) is 0 Å². The molecule has 0 saturated carbocycles. The largest absolute Gasteiger partial charge is 0.277 e. The lowest BCUT2D eigenvalue weighted by Crippen LogP contribution is -2.16. The van der Waals surface area contributed by atoms with Crippen LogP contribution >= 0.6 is 0 Å². The molecule has 3 heterocycles. The van der Waals surface area contributed by atoms with Crippen LogP contribution in [-0.4, -0.2) is 19.5 Å². The average Bonchev–Trinajstić information content (AvgIpc) is 3.38. The molecule has 36 heavy (non-hydrogen) atoms. The van der Waals surface area contributed by atoms with E-state index >= 15 is 0 Å². The van der Waals surface area contributed by atoms with Gasteiger partial charge in [-0.2, -0.15) is 0 Å². The first-order valence-electron chi connectivity index (χ1n) is 12.3. The first-order valence-corrected chi connectivity index (χ1v) is 12.3. The van der Waals surface area contributed by atoms with Crippen molar-refractivity contribution in [2.45, 2.75) is 19.3 Å². The van der Waals surface area contributed by atoms with Crippen LogP contribution in [0.15, 0.2) is 97.3 Å². The van der Waals surface area contributed by atoms with Crippen LogP contribution in [0.4, 0.5) is 0 Å². The summed E-state index contributed by atoms with van der Waals surface area (Å²) >= 11 is 0. The lowest BCUT2D eigenvalue weighted by molar-refractivity contribution is 0.663. The third-order valence-electron chi connectivity index (χ3n) is 7.86. The number of nitrogens with zero attached hydrogens (tertiary/aromatic N) is 4. The van der Waals surface area contributed by atoms with Crippen molar-refractivity contribution in [3.8, 4) is 17.1 Å². The van der Waals surface area contributed by atoms with E-state index in [1.165, 1.54) is 27.6 Å². The van der Waals surface area contributed by atoms with E-state index in [1.807, 2.05) is 30.6 Å². The molecule has 1 aliphatic rings. The highest BCUT2D eigenvalue weighted by Crippen LogP contribution is 2.53. The van der Waals surface area contributed by atoms with Crippen LogP contribution in [0.2, 0.25) is 0 Å². The van der Waals surface area contributed by atoms with Crippen LogP contribution in [-0.2, 0) is 5.41 Å². The van der Waals surface area contributed by atoms with Crippen molar-refractivity contribution in [3.05, 3.63) is 108 Å². The summed E-state index contributed by atoms with van der Waals surface area (Å²) in [4.78, 5) is 14.8. The molecule has 0 fully saturated rings. The molecule has 4 heteroatoms. The van der Waals surface area contributed by atoms with Gasteiger partial charge in [0.05, 0.1) is 22.1 Å². The van der Waals surface area contributed by atoms with E-state index in [9.17, 15) is 0 Å². The zero-order valence-corrected chi connectivity index (χ0v) is 20.0. The molecule has 7 aromatic rings. The van der Waals surface area contributed by atoms with E-state index in [2.05, 4.69) is 85.1 Å². The standard InChI is InChI=1S/C32H22N4/c1-32(2)24-11-5-4-10-21(24)22-14-15-23-27-26(16-13-19-9-7-17-33-29(19)27)36(30(23)28(22)32)31-34-18-20-8-3-6-12-25(20)35-31/h3-18H,1-2H3. The molecule has 4 aromatic carbocycles. The quantitative estimate of drug-likeness (QED) is 0.253. The molecule has 0 N–H and O–H groups in total. The van der Waals surface area contributed by atoms with Crippen LogP contribution < -0.4 is 0 Å². The molecule has 0 spiro atoms. The highest BCUT2D eigenvalue weighted by molar-refractivity contribution is 6.21. The predicted molar refractivity (Wildman–Crippen MR) is 147 cm³/mol. The normalized spacial score (nSPS) is 14.1. The molecule has 0 radical (unpaired) electrons. The first kappa shape index (κ1) is 19.7. The predicted octanol–water partition coefficient (Wildman–Crippen LogP) is 7.58. The molecule has 8 rings (SSSR count). The Morgan fingerprint density at radius 1 is 0.722 bits per heavy atom. The third kappa shape index (κ3) is 2.41. The van der Waals surface area contributed by atoms with Crippen molar-refractivity contribution < 1.29 is 0 Å². The number of hydrogen-bond acceptors (Lipinski definition) is 3. The summed E-state index contributed by atoms with van der Waals surface area (Å²) in [7, 11) is 0. The monoisotopic (exact) mass is 462 g/mol. The van der Waals surface area contributed by atoms with Crippen molar-refractivity contribution in [2.75, 3.05) is 0 Å². The Balaban J connectivity index is 1.61. The number of benzene rings is 4. The zero-order chi connectivity index (χ0) is 24.0. The average molecular weight is 463 g/mol. The molecule has 0 bridgehead atoms. The SMILES string of the molecule is CC1(C)c2ccccc2-c2ccc3c4c5ncccc5ccc4n(-c4ncc5ccccc5n4)c3c21. The molecule has 4 nitrogen and oxygen atoms in total. The van der Waals surface area contributed by atoms with Gasteiger partial charge in [0.15, 0.2) is 0 Å². The van der Waals surface area contributed by atoms with Crippen molar-refractivity contribution >= 4 is 43.6 Å². The van der Waals surface area contributed by atoms with E-state index in [0.29, 0.717) is 5.95 Å². The molecule has 0 saturated heterocycles. The van der Waals surface area contributed by atoms with Crippen LogP contribution in [0, 0.1) is 0 Å². The molecule has 0 unspecified atom stereocenters. The molecule has 0 aliphatic heterocycles. The number of fused-ring (bicyclic) bond motifs is 10. The minimum atomic E-state index is -0.169. The maximum Gasteiger partial charge on any atom is 0.235 e. The first-order chi connectivity index (χ1) is 17.6. The van der Waals surface area contributed by atoms with Gasteiger partial charge in [0.25, 0.3) is 0 Å². The van der Waals surface area contributed by atoms with Gasteiger partial charge < -0.3 is 0 Å². The molecule has 1 aliphatic carbocycles. The topological polar surface area (TPSA) is 43.6 Å². The molecule has 3 aromatic heterocycles. The highest BCUT2D eigenvalue weighted by atomic mass is 15.2. The van der Waals surface area contributed by atoms with E-state index < -0.39 is 0 Å². The second kappa shape index (κ2) is 6.76. The van der Waals surface area contributed by atoms with Gasteiger partial charge >= 0.3 is 0 Å². The van der Waals surface area contributed by atoms with E-state index in [4.69, 9.17) is 15.0 Å². The Labute approximate surface area is 207 Å². The summed E-state index contributed by atoms with van der Waals surface area (Å²) in [6.07, 6.45) is 3.81. The van der Waals surface area contributed by atoms with E-state index in [-0.39, 0.29) is 5.41 Å². The fourth-order valence-electron chi connectivity index (χ4n) is 6.26. The van der Waals surface area contributed by atoms with E-state index in [1.54, 1.807) is 0 Å². The Morgan fingerprint density at radius 3 is 2.50 bits per heavy atom. The van der Waals surface area contributed by atoms with Gasteiger partial charge in [0.2, 0.25) is 5.95 Å². The van der Waals surface area contributed by atoms with Gasteiger partial charge in [-0.25, -0.2) is 9.97 Å². The number of rotatable bonds is 1. The zero-order valence-electron chi connectivity index (χ0n) is 20.0. The van der Waals surface area contributed by atoms with Gasteiger partial charge in [-0.15, -0.1) is 0 Å². The van der Waals surface area contributed by atoms with E-state index in [0.717, 1.165) is 38.2 Å². The van der Waals surface area contributed by atoms with Gasteiger partial charge in [0, 0.05) is 39.4 Å². The molecular weight excluding hydrogens is 440 g/mol. The summed E-state index contributed by atoms with van der Waals surface area (Å²) in [5, 5.41) is 4.50. The number of aromatic nitrogens is 4. The van der Waals surface area contributed by atoms with Gasteiger partial charge in [0.1, 0.15) is 0 Å². The molecule has 0 amide bonds. The number of hydrogen-bond donors (Lipinski definition) is 0. The second-order valence-corrected chi connectivity index (χ2v) is 10.2. The lowest BCUT2D eigenvalue weighted by Gasteiger charge is -2.23. The van der Waals surface area contributed by atoms with Crippen molar-refractivity contribution in [1.29, 1.82) is 0 Å². The fraction of sp³-hybridized carbons (Fsp3) is 0.0938. The minimum Gasteiger partial charge on any atom is -0.277 e. The summed E-state index contributed by atoms with van der Waals surface area (Å²) in [5.74, 6) is 0.684. The van der Waals surface area contributed by atoms with Gasteiger partial charge in [-0.3, -0.25) is 9.55 Å². The molecule has 170 valence electrons. The second-order valence-electron chi connectivity index (χ2n) is 10.2. The maximum absolute atomic E-state index is 5.05. The lowest BCUT2D eigenvalue weighted by atomic mass is 9.81. The van der Waals surface area contributed by atoms with Crippen molar-refractivity contribution in [1.82, 2.24) is 19.5 Å². The fourth-order valence-corrected chi connectivity index (χ4v) is 6.26. The number of pyridine rings is 1. The Kier molecular flexibility index (Phi) is 3.70. The van der Waals surface area contributed by atoms with Gasteiger partial charge in [-0.05, 0) is 40.5 Å². The third-order valence-corrected chi connectivity index (χ3v) is 7.86. The van der Waals surface area contributed by atoms with Crippen LogP contribution in [0.25, 0.3) is 60.7 Å². The Bertz CT molecular complexity index is 2030. The van der Waals surface area contributed by atoms with Crippen molar-refractivity contribution in [3.63, 3.8) is 0 Å². The Hall–Kier alpha value is -4.57. The maximum atomic E-state index is 5.05. The smallest absolute Gasteiger partial charge is 0.235 e. The summed E-state index contributed by atoms with van der Waals surface area (Å²) in [5.41, 5.74) is 9.27. The summed E-state index contributed by atoms with van der Waals surface area (Å²) < 4.78 is 2.26. The molecular formula is C32H22N4.